The van der Waals surface area contributed by atoms with Crippen molar-refractivity contribution in [1.29, 1.82) is 0 Å². The lowest BCUT2D eigenvalue weighted by Crippen LogP contribution is -2.22. The molecule has 0 aliphatic rings. The highest BCUT2D eigenvalue weighted by Gasteiger charge is 2.17. The lowest BCUT2D eigenvalue weighted by molar-refractivity contribution is 0.430. The SMILES string of the molecule is CCCNC(c1ccoc1)c1ccc(Br)o1. The average Bonchev–Trinajstić information content (AvgIpc) is 2.91. The van der Waals surface area contributed by atoms with Crippen molar-refractivity contribution >= 4 is 15.9 Å². The van der Waals surface area contributed by atoms with Crippen molar-refractivity contribution in [3.05, 3.63) is 46.7 Å². The van der Waals surface area contributed by atoms with Gasteiger partial charge in [-0.05, 0) is 47.1 Å². The molecule has 0 aliphatic carbocycles. The minimum absolute atomic E-state index is 0.0602. The van der Waals surface area contributed by atoms with E-state index >= 15 is 0 Å². The third-order valence-corrected chi connectivity index (χ3v) is 2.78. The highest BCUT2D eigenvalue weighted by atomic mass is 79.9. The summed E-state index contributed by atoms with van der Waals surface area (Å²) in [6.07, 6.45) is 4.49. The molecule has 0 spiro atoms. The second kappa shape index (κ2) is 5.37. The number of halogens is 1. The van der Waals surface area contributed by atoms with Gasteiger partial charge in [0.15, 0.2) is 4.67 Å². The van der Waals surface area contributed by atoms with Gasteiger partial charge in [0.1, 0.15) is 5.76 Å². The molecule has 2 aromatic rings. The zero-order chi connectivity index (χ0) is 11.4. The van der Waals surface area contributed by atoms with Crippen LogP contribution in [-0.2, 0) is 0 Å². The Labute approximate surface area is 103 Å². The van der Waals surface area contributed by atoms with Gasteiger partial charge in [-0.2, -0.15) is 0 Å². The molecule has 2 aromatic heterocycles. The number of rotatable bonds is 5. The summed E-state index contributed by atoms with van der Waals surface area (Å²) in [4.78, 5) is 0. The zero-order valence-corrected chi connectivity index (χ0v) is 10.7. The monoisotopic (exact) mass is 283 g/mol. The molecule has 0 bridgehead atoms. The fourth-order valence-electron chi connectivity index (χ4n) is 1.59. The van der Waals surface area contributed by atoms with Crippen molar-refractivity contribution in [3.63, 3.8) is 0 Å². The van der Waals surface area contributed by atoms with Gasteiger partial charge in [-0.3, -0.25) is 0 Å². The van der Waals surface area contributed by atoms with Crippen molar-refractivity contribution in [3.8, 4) is 0 Å². The summed E-state index contributed by atoms with van der Waals surface area (Å²) in [7, 11) is 0. The number of furan rings is 2. The zero-order valence-electron chi connectivity index (χ0n) is 9.07. The Balaban J connectivity index is 2.21. The Bertz CT molecular complexity index is 422. The maximum absolute atomic E-state index is 5.58. The van der Waals surface area contributed by atoms with E-state index in [0.29, 0.717) is 0 Å². The summed E-state index contributed by atoms with van der Waals surface area (Å²) in [5, 5.41) is 3.43. The van der Waals surface area contributed by atoms with E-state index in [2.05, 4.69) is 28.2 Å². The van der Waals surface area contributed by atoms with Crippen LogP contribution in [0.1, 0.15) is 30.7 Å². The second-order valence-corrected chi connectivity index (χ2v) is 4.37. The van der Waals surface area contributed by atoms with Gasteiger partial charge in [0.05, 0.1) is 18.6 Å². The van der Waals surface area contributed by atoms with E-state index in [0.717, 1.165) is 29.0 Å². The highest BCUT2D eigenvalue weighted by Crippen LogP contribution is 2.26. The molecule has 0 aliphatic heterocycles. The first-order valence-corrected chi connectivity index (χ1v) is 6.11. The van der Waals surface area contributed by atoms with Crippen molar-refractivity contribution in [2.75, 3.05) is 6.54 Å². The minimum atomic E-state index is 0.0602. The molecule has 3 nitrogen and oxygen atoms in total. The molecule has 0 fully saturated rings. The molecule has 2 heterocycles. The summed E-state index contributed by atoms with van der Waals surface area (Å²) in [6, 6.07) is 5.87. The van der Waals surface area contributed by atoms with Crippen LogP contribution < -0.4 is 5.32 Å². The standard InChI is InChI=1S/C12H14BrNO2/c1-2-6-14-12(9-5-7-15-8-9)10-3-4-11(13)16-10/h3-5,7-8,12,14H,2,6H2,1H3. The fraction of sp³-hybridized carbons (Fsp3) is 0.333. The van der Waals surface area contributed by atoms with Crippen LogP contribution in [0, 0.1) is 0 Å². The maximum atomic E-state index is 5.58. The lowest BCUT2D eigenvalue weighted by atomic mass is 10.1. The molecule has 2 rings (SSSR count). The second-order valence-electron chi connectivity index (χ2n) is 3.59. The van der Waals surface area contributed by atoms with E-state index in [1.54, 1.807) is 12.5 Å². The maximum Gasteiger partial charge on any atom is 0.169 e. The van der Waals surface area contributed by atoms with Gasteiger partial charge >= 0.3 is 0 Å². The van der Waals surface area contributed by atoms with E-state index in [1.807, 2.05) is 18.2 Å². The van der Waals surface area contributed by atoms with Crippen LogP contribution >= 0.6 is 15.9 Å². The molecule has 1 unspecified atom stereocenters. The van der Waals surface area contributed by atoms with Crippen LogP contribution in [0.4, 0.5) is 0 Å². The lowest BCUT2D eigenvalue weighted by Gasteiger charge is -2.14. The number of hydrogen-bond acceptors (Lipinski definition) is 3. The summed E-state index contributed by atoms with van der Waals surface area (Å²) in [6.45, 7) is 3.08. The first-order chi connectivity index (χ1) is 7.81. The van der Waals surface area contributed by atoms with Crippen LogP contribution in [0.3, 0.4) is 0 Å². The van der Waals surface area contributed by atoms with Gasteiger partial charge in [-0.25, -0.2) is 0 Å². The molecule has 0 amide bonds. The molecule has 0 aromatic carbocycles. The first kappa shape index (κ1) is 11.5. The topological polar surface area (TPSA) is 38.3 Å². The third kappa shape index (κ3) is 2.57. The highest BCUT2D eigenvalue weighted by molar-refractivity contribution is 9.10. The first-order valence-electron chi connectivity index (χ1n) is 5.32. The van der Waals surface area contributed by atoms with E-state index in [4.69, 9.17) is 8.83 Å². The van der Waals surface area contributed by atoms with Crippen LogP contribution in [-0.4, -0.2) is 6.54 Å². The summed E-state index contributed by atoms with van der Waals surface area (Å²) in [5.74, 6) is 0.890. The Morgan fingerprint density at radius 3 is 2.81 bits per heavy atom. The van der Waals surface area contributed by atoms with Gasteiger partial charge in [0.25, 0.3) is 0 Å². The van der Waals surface area contributed by atoms with E-state index < -0.39 is 0 Å². The van der Waals surface area contributed by atoms with E-state index in [-0.39, 0.29) is 6.04 Å². The molecule has 1 N–H and O–H groups in total. The van der Waals surface area contributed by atoms with E-state index in [9.17, 15) is 0 Å². The molecule has 86 valence electrons. The average molecular weight is 284 g/mol. The molecule has 0 saturated carbocycles. The van der Waals surface area contributed by atoms with Gasteiger partial charge in [0.2, 0.25) is 0 Å². The fourth-order valence-corrected chi connectivity index (χ4v) is 1.91. The Hall–Kier alpha value is -1.000. The Morgan fingerprint density at radius 1 is 1.38 bits per heavy atom. The molecule has 0 saturated heterocycles. The Morgan fingerprint density at radius 2 is 2.25 bits per heavy atom. The number of hydrogen-bond donors (Lipinski definition) is 1. The summed E-state index contributed by atoms with van der Waals surface area (Å²) in [5.41, 5.74) is 1.08. The van der Waals surface area contributed by atoms with Gasteiger partial charge in [-0.1, -0.05) is 6.92 Å². The minimum Gasteiger partial charge on any atom is -0.472 e. The molecular formula is C12H14BrNO2. The van der Waals surface area contributed by atoms with Crippen LogP contribution in [0.25, 0.3) is 0 Å². The normalized spacial score (nSPS) is 12.9. The quantitative estimate of drug-likeness (QED) is 0.909. The smallest absolute Gasteiger partial charge is 0.169 e. The largest absolute Gasteiger partial charge is 0.472 e. The predicted octanol–water partition coefficient (Wildman–Crippen LogP) is 3.72. The van der Waals surface area contributed by atoms with Crippen LogP contribution in [0.15, 0.2) is 44.2 Å². The van der Waals surface area contributed by atoms with Crippen molar-refractivity contribution in [2.24, 2.45) is 0 Å². The van der Waals surface area contributed by atoms with E-state index in [1.165, 1.54) is 0 Å². The summed E-state index contributed by atoms with van der Waals surface area (Å²) < 4.78 is 11.4. The summed E-state index contributed by atoms with van der Waals surface area (Å²) >= 11 is 3.31. The van der Waals surface area contributed by atoms with Gasteiger partial charge < -0.3 is 14.2 Å². The molecule has 16 heavy (non-hydrogen) atoms. The van der Waals surface area contributed by atoms with Crippen LogP contribution in [0.5, 0.6) is 0 Å². The van der Waals surface area contributed by atoms with Crippen molar-refractivity contribution in [2.45, 2.75) is 19.4 Å². The Kier molecular flexibility index (Phi) is 3.85. The molecule has 4 heteroatoms. The van der Waals surface area contributed by atoms with Crippen molar-refractivity contribution < 1.29 is 8.83 Å². The predicted molar refractivity (Wildman–Crippen MR) is 65.3 cm³/mol. The van der Waals surface area contributed by atoms with Crippen LogP contribution in [0.2, 0.25) is 0 Å². The molecule has 0 radical (unpaired) electrons. The molecular weight excluding hydrogens is 270 g/mol. The van der Waals surface area contributed by atoms with Gasteiger partial charge in [-0.15, -0.1) is 0 Å². The third-order valence-electron chi connectivity index (χ3n) is 2.35. The number of nitrogens with one attached hydrogen (secondary N) is 1. The molecule has 1 atom stereocenters. The van der Waals surface area contributed by atoms with Gasteiger partial charge in [0, 0.05) is 5.56 Å². The van der Waals surface area contributed by atoms with Crippen molar-refractivity contribution in [1.82, 2.24) is 5.32 Å².